The van der Waals surface area contributed by atoms with Crippen LogP contribution in [-0.2, 0) is 34.9 Å². The molecule has 8 rings (SSSR count). The van der Waals surface area contributed by atoms with Crippen LogP contribution in [0, 0.1) is 0 Å². The van der Waals surface area contributed by atoms with Crippen LogP contribution < -0.4 is 16.2 Å². The fourth-order valence-corrected chi connectivity index (χ4v) is 8.91. The lowest BCUT2D eigenvalue weighted by atomic mass is 9.72. The predicted octanol–water partition coefficient (Wildman–Crippen LogP) is 0.506. The van der Waals surface area contributed by atoms with Gasteiger partial charge in [-0.3, -0.25) is 28.7 Å². The number of anilines is 1. The first-order valence-corrected chi connectivity index (χ1v) is 20.0. The normalized spacial score (nSPS) is 29.7. The van der Waals surface area contributed by atoms with Crippen molar-refractivity contribution in [2.24, 2.45) is 0 Å². The Balaban J connectivity index is 0.951. The molecule has 0 spiro atoms. The Kier molecular flexibility index (Phi) is 11.6. The third-order valence-corrected chi connectivity index (χ3v) is 12.1. The summed E-state index contributed by atoms with van der Waals surface area (Å²) in [6.07, 6.45) is -6.26. The fraction of sp³-hybridized carbons (Fsp3) is 0.512. The highest BCUT2D eigenvalue weighted by atomic mass is 16.7. The van der Waals surface area contributed by atoms with Crippen molar-refractivity contribution in [1.82, 2.24) is 24.8 Å². The van der Waals surface area contributed by atoms with Gasteiger partial charge in [0.15, 0.2) is 41.0 Å². The molecule has 0 amide bonds. The van der Waals surface area contributed by atoms with Crippen molar-refractivity contribution in [1.29, 1.82) is 0 Å². The summed E-state index contributed by atoms with van der Waals surface area (Å²) in [5, 5.41) is 63.2. The Labute approximate surface area is 347 Å². The number of phenols is 2. The quantitative estimate of drug-likeness (QED) is 0.0592. The second kappa shape index (κ2) is 16.6. The number of fused-ring (bicyclic) bond motifs is 4. The molecule has 2 saturated heterocycles. The number of nitrogens with one attached hydrogen (secondary N) is 3. The van der Waals surface area contributed by atoms with Gasteiger partial charge in [-0.15, -0.1) is 0 Å². The first-order valence-electron chi connectivity index (χ1n) is 20.0. The average molecular weight is 849 g/mol. The molecule has 2 aliphatic carbocycles. The van der Waals surface area contributed by atoms with Gasteiger partial charge in [-0.25, -0.2) is 4.98 Å². The zero-order valence-electron chi connectivity index (χ0n) is 33.8. The van der Waals surface area contributed by atoms with Crippen LogP contribution in [0.5, 0.6) is 11.5 Å². The van der Waals surface area contributed by atoms with Crippen LogP contribution in [0.15, 0.2) is 35.4 Å². The van der Waals surface area contributed by atoms with Gasteiger partial charge in [-0.2, -0.15) is 4.98 Å². The molecular formula is C41H48N6O14. The lowest BCUT2D eigenvalue weighted by molar-refractivity contribution is -0.249. The van der Waals surface area contributed by atoms with Gasteiger partial charge in [0.05, 0.1) is 42.4 Å². The molecule has 20 nitrogen and oxygen atoms in total. The van der Waals surface area contributed by atoms with Gasteiger partial charge in [0.25, 0.3) is 5.56 Å². The Morgan fingerprint density at radius 1 is 1.03 bits per heavy atom. The standard InChI is InChI=1S/C41H48N6O14/c1-17-30(49)22(42-10-7-11-43-40-45-37-29(38(55)46-40)44-16-47(37)39-35(54)36(58-4)24(61-39)15-57-3)12-25(59-17)60-23-14-41(56,18(2)48)13-21-26(23)34(53)28-27(33(21)52)31(50)19-8-5-6-9-20(19)32(28)51/h5-6,8-9,16-17,22-25,30,35-36,39,42,49,52-54,56H,7,10-15H2,1-4H3,(H2,43,45,46,55)/t17-,22-,23-,24?,25-,30+,35?,36?,39?,41-/m0/s1. The minimum absolute atomic E-state index is 0.0451. The molecule has 4 heterocycles. The lowest BCUT2D eigenvalue weighted by Crippen LogP contribution is -2.54. The van der Waals surface area contributed by atoms with Crippen LogP contribution in [0.2, 0.25) is 0 Å². The van der Waals surface area contributed by atoms with Gasteiger partial charge in [0.1, 0.15) is 35.4 Å². The van der Waals surface area contributed by atoms with Crippen LogP contribution >= 0.6 is 0 Å². The summed E-state index contributed by atoms with van der Waals surface area (Å²) in [7, 11) is 2.96. The van der Waals surface area contributed by atoms with Crippen molar-refractivity contribution < 1.29 is 63.6 Å². The van der Waals surface area contributed by atoms with E-state index in [1.54, 1.807) is 19.1 Å². The first kappa shape index (κ1) is 42.5. The Bertz CT molecular complexity index is 2440. The van der Waals surface area contributed by atoms with E-state index >= 15 is 0 Å². The van der Waals surface area contributed by atoms with Crippen LogP contribution in [0.25, 0.3) is 11.2 Å². The maximum Gasteiger partial charge on any atom is 0.280 e. The smallest absolute Gasteiger partial charge is 0.280 e. The first-order chi connectivity index (χ1) is 29.2. The zero-order chi connectivity index (χ0) is 43.5. The molecule has 0 radical (unpaired) electrons. The molecule has 4 aliphatic rings. The number of hydrogen-bond acceptors (Lipinski definition) is 18. The molecular weight excluding hydrogens is 800 g/mol. The van der Waals surface area contributed by atoms with Gasteiger partial charge < -0.3 is 59.9 Å². The highest BCUT2D eigenvalue weighted by molar-refractivity contribution is 6.30. The number of aromatic amines is 1. The van der Waals surface area contributed by atoms with Crippen LogP contribution in [-0.4, -0.2) is 145 Å². The number of aromatic hydroxyl groups is 2. The number of aliphatic hydroxyl groups excluding tert-OH is 2. The average Bonchev–Trinajstić information content (AvgIpc) is 3.79. The lowest BCUT2D eigenvalue weighted by Gasteiger charge is -2.43. The number of carbonyl (C=O) groups excluding carboxylic acids is 3. The zero-order valence-corrected chi connectivity index (χ0v) is 33.8. The van der Waals surface area contributed by atoms with Crippen molar-refractivity contribution in [3.05, 3.63) is 74.3 Å². The fourth-order valence-electron chi connectivity index (χ4n) is 8.91. The van der Waals surface area contributed by atoms with E-state index in [9.17, 15) is 44.7 Å². The predicted molar refractivity (Wildman–Crippen MR) is 211 cm³/mol. The Morgan fingerprint density at radius 3 is 2.41 bits per heavy atom. The van der Waals surface area contributed by atoms with Crippen LogP contribution in [0.1, 0.15) is 88.4 Å². The van der Waals surface area contributed by atoms with Crippen molar-refractivity contribution in [2.75, 3.05) is 39.2 Å². The summed E-state index contributed by atoms with van der Waals surface area (Å²) in [5.41, 5.74) is -3.19. The number of phenolic OH excluding ortho intramolecular Hbond substituents is 2. The van der Waals surface area contributed by atoms with E-state index in [1.165, 1.54) is 44.2 Å². The molecule has 61 heavy (non-hydrogen) atoms. The molecule has 20 heteroatoms. The van der Waals surface area contributed by atoms with E-state index in [-0.39, 0.29) is 58.8 Å². The summed E-state index contributed by atoms with van der Waals surface area (Å²) >= 11 is 0. The van der Waals surface area contributed by atoms with Gasteiger partial charge in [-0.1, -0.05) is 24.3 Å². The number of ketones is 3. The monoisotopic (exact) mass is 848 g/mol. The van der Waals surface area contributed by atoms with E-state index in [1.807, 2.05) is 0 Å². The van der Waals surface area contributed by atoms with E-state index in [2.05, 4.69) is 25.6 Å². The topological polar surface area (TPSA) is 286 Å². The Hall–Kier alpha value is -5.16. The molecule has 10 atom stereocenters. The maximum absolute atomic E-state index is 13.7. The van der Waals surface area contributed by atoms with E-state index < -0.39 is 113 Å². The third-order valence-electron chi connectivity index (χ3n) is 12.1. The van der Waals surface area contributed by atoms with Crippen LogP contribution in [0.3, 0.4) is 0 Å². The molecule has 0 saturated carbocycles. The number of benzene rings is 2. The second-order valence-electron chi connectivity index (χ2n) is 15.9. The van der Waals surface area contributed by atoms with Gasteiger partial charge in [-0.05, 0) is 26.8 Å². The van der Waals surface area contributed by atoms with Crippen molar-refractivity contribution in [3.63, 3.8) is 0 Å². The van der Waals surface area contributed by atoms with E-state index in [0.717, 1.165) is 0 Å². The highest BCUT2D eigenvalue weighted by Gasteiger charge is 2.50. The largest absolute Gasteiger partial charge is 0.507 e. The number of methoxy groups -OCH3 is 2. The molecule has 2 aromatic heterocycles. The summed E-state index contributed by atoms with van der Waals surface area (Å²) in [5.74, 6) is -3.09. The number of ether oxygens (including phenoxy) is 5. The summed E-state index contributed by atoms with van der Waals surface area (Å²) in [4.78, 5) is 64.4. The SMILES string of the molecule is COCC1OC(n2cnc3c(=O)[nH]c(NCCCN[C@H]4C[C@H](O[C@H]5C[C@](O)(C(C)=O)Cc6c(O)c7c(c(O)c65)C(=O)c5ccccc5C7=O)O[C@@H](C)[C@H]4O)nc32)C(O)C1OC. The number of carbonyl (C=O) groups is 3. The van der Waals surface area contributed by atoms with Crippen molar-refractivity contribution in [3.8, 4) is 11.5 Å². The van der Waals surface area contributed by atoms with Crippen molar-refractivity contribution in [2.45, 2.75) is 100 Å². The number of nitrogens with zero attached hydrogens (tertiary/aromatic N) is 3. The molecule has 4 unspecified atom stereocenters. The number of rotatable bonds is 13. The second-order valence-corrected chi connectivity index (χ2v) is 15.9. The molecule has 4 aromatic rings. The number of hydrogen-bond donors (Lipinski definition) is 8. The summed E-state index contributed by atoms with van der Waals surface area (Å²) in [6.45, 7) is 3.70. The number of H-pyrrole nitrogens is 1. The molecule has 2 aliphatic heterocycles. The van der Waals surface area contributed by atoms with E-state index in [4.69, 9.17) is 23.7 Å². The molecule has 2 aromatic carbocycles. The molecule has 2 fully saturated rings. The molecule has 8 N–H and O–H groups in total. The summed E-state index contributed by atoms with van der Waals surface area (Å²) < 4.78 is 30.5. The number of aliphatic hydroxyl groups is 3. The van der Waals surface area contributed by atoms with Gasteiger partial charge in [0.2, 0.25) is 5.95 Å². The molecule has 0 bridgehead atoms. The number of Topliss-reactive ketones (excluding diaryl/α,β-unsaturated/α-hetero) is 1. The number of aromatic nitrogens is 4. The minimum atomic E-state index is -2.06. The summed E-state index contributed by atoms with van der Waals surface area (Å²) in [6, 6.07) is 5.46. The van der Waals surface area contributed by atoms with Gasteiger partial charge >= 0.3 is 0 Å². The Morgan fingerprint density at radius 2 is 1.74 bits per heavy atom. The van der Waals surface area contributed by atoms with Crippen molar-refractivity contribution >= 4 is 34.5 Å². The third kappa shape index (κ3) is 7.40. The minimum Gasteiger partial charge on any atom is -0.507 e. The van der Waals surface area contributed by atoms with Crippen LogP contribution in [0.4, 0.5) is 5.95 Å². The molecule has 326 valence electrons. The van der Waals surface area contributed by atoms with Gasteiger partial charge in [0, 0.05) is 68.3 Å². The highest BCUT2D eigenvalue weighted by Crippen LogP contribution is 2.52. The number of imidazole rings is 1. The van der Waals surface area contributed by atoms with E-state index in [0.29, 0.717) is 19.5 Å². The maximum atomic E-state index is 13.7.